The highest BCUT2D eigenvalue weighted by Crippen LogP contribution is 2.13. The maximum Gasteiger partial charge on any atom is 0.257 e. The van der Waals surface area contributed by atoms with Crippen molar-refractivity contribution in [1.82, 2.24) is 14.7 Å². The fraction of sp³-hybridized carbons (Fsp3) is 0.667. The molecule has 0 unspecified atom stereocenters. The van der Waals surface area contributed by atoms with Crippen molar-refractivity contribution in [2.45, 2.75) is 32.7 Å². The first-order chi connectivity index (χ1) is 6.71. The molecule has 5 nitrogen and oxygen atoms in total. The number of aromatic amines is 1. The summed E-state index contributed by atoms with van der Waals surface area (Å²) in [7, 11) is -3.44. The third kappa shape index (κ3) is 3.64. The quantitative estimate of drug-likeness (QED) is 0.816. The van der Waals surface area contributed by atoms with Crippen molar-refractivity contribution in [3.05, 3.63) is 12.0 Å². The molecule has 1 heterocycles. The van der Waals surface area contributed by atoms with Gasteiger partial charge in [0.2, 0.25) is 0 Å². The maximum absolute atomic E-state index is 11.7. The van der Waals surface area contributed by atoms with Gasteiger partial charge in [0.25, 0.3) is 10.0 Å². The van der Waals surface area contributed by atoms with Crippen LogP contribution in [-0.4, -0.2) is 24.9 Å². The maximum atomic E-state index is 11.7. The molecule has 0 aliphatic heterocycles. The first-order valence-corrected chi connectivity index (χ1v) is 6.20. The molecule has 86 valence electrons. The molecule has 0 aliphatic carbocycles. The van der Waals surface area contributed by atoms with E-state index in [2.05, 4.69) is 14.7 Å². The minimum Gasteiger partial charge on any atom is -0.332 e. The summed E-state index contributed by atoms with van der Waals surface area (Å²) in [5.74, 6) is 0.589. The summed E-state index contributed by atoms with van der Waals surface area (Å²) in [6.45, 7) is 8.01. The Balaban J connectivity index is 2.77. The van der Waals surface area contributed by atoms with Gasteiger partial charge in [-0.1, -0.05) is 20.8 Å². The highest BCUT2D eigenvalue weighted by Gasteiger charge is 2.19. The Morgan fingerprint density at radius 3 is 2.47 bits per heavy atom. The molecule has 2 N–H and O–H groups in total. The van der Waals surface area contributed by atoms with Gasteiger partial charge in [0, 0.05) is 6.54 Å². The van der Waals surface area contributed by atoms with Crippen LogP contribution in [0.15, 0.2) is 11.2 Å². The lowest BCUT2D eigenvalue weighted by Crippen LogP contribution is -2.32. The Morgan fingerprint density at radius 2 is 2.07 bits per heavy atom. The van der Waals surface area contributed by atoms with Crippen LogP contribution in [0.3, 0.4) is 0 Å². The van der Waals surface area contributed by atoms with E-state index >= 15 is 0 Å². The molecule has 0 saturated heterocycles. The molecule has 0 atom stereocenters. The van der Waals surface area contributed by atoms with E-state index in [1.165, 1.54) is 6.20 Å². The minimum atomic E-state index is -3.44. The lowest BCUT2D eigenvalue weighted by atomic mass is 9.98. The normalized spacial score (nSPS) is 13.1. The van der Waals surface area contributed by atoms with E-state index in [4.69, 9.17) is 0 Å². The third-order valence-electron chi connectivity index (χ3n) is 1.76. The van der Waals surface area contributed by atoms with Crippen molar-refractivity contribution < 1.29 is 8.42 Å². The number of nitrogens with zero attached hydrogens (tertiary/aromatic N) is 1. The van der Waals surface area contributed by atoms with Crippen LogP contribution in [0.25, 0.3) is 0 Å². The van der Waals surface area contributed by atoms with Crippen molar-refractivity contribution in [2.75, 3.05) is 6.54 Å². The van der Waals surface area contributed by atoms with Gasteiger partial charge < -0.3 is 4.98 Å². The Labute approximate surface area is 90.4 Å². The van der Waals surface area contributed by atoms with Gasteiger partial charge in [0.15, 0.2) is 5.03 Å². The van der Waals surface area contributed by atoms with Crippen LogP contribution in [0.4, 0.5) is 0 Å². The summed E-state index contributed by atoms with van der Waals surface area (Å²) < 4.78 is 25.9. The first kappa shape index (κ1) is 12.2. The summed E-state index contributed by atoms with van der Waals surface area (Å²) >= 11 is 0. The Morgan fingerprint density at radius 1 is 1.47 bits per heavy atom. The first-order valence-electron chi connectivity index (χ1n) is 4.72. The topological polar surface area (TPSA) is 74.8 Å². The summed E-state index contributed by atoms with van der Waals surface area (Å²) in [4.78, 5) is 6.54. The predicted octanol–water partition coefficient (Wildman–Crippen LogP) is 1.04. The van der Waals surface area contributed by atoms with Crippen LogP contribution in [0.1, 0.15) is 26.6 Å². The van der Waals surface area contributed by atoms with Gasteiger partial charge in [-0.3, -0.25) is 0 Å². The smallest absolute Gasteiger partial charge is 0.257 e. The van der Waals surface area contributed by atoms with Crippen molar-refractivity contribution in [3.8, 4) is 0 Å². The summed E-state index contributed by atoms with van der Waals surface area (Å²) in [5.41, 5.74) is -0.0812. The van der Waals surface area contributed by atoms with Crippen LogP contribution in [0, 0.1) is 12.3 Å². The molecule has 1 aromatic heterocycles. The van der Waals surface area contributed by atoms with Gasteiger partial charge in [0.05, 0.1) is 6.20 Å². The molecule has 1 rings (SSSR count). The largest absolute Gasteiger partial charge is 0.332 e. The number of rotatable bonds is 3. The van der Waals surface area contributed by atoms with Crippen molar-refractivity contribution in [1.29, 1.82) is 0 Å². The third-order valence-corrected chi connectivity index (χ3v) is 3.07. The number of hydrogen-bond acceptors (Lipinski definition) is 3. The molecule has 0 aromatic carbocycles. The zero-order chi connectivity index (χ0) is 11.7. The van der Waals surface area contributed by atoms with Crippen LogP contribution in [-0.2, 0) is 10.0 Å². The minimum absolute atomic E-state index is 0.0812. The van der Waals surface area contributed by atoms with Gasteiger partial charge in [-0.15, -0.1) is 0 Å². The molecule has 0 amide bonds. The molecule has 6 heteroatoms. The fourth-order valence-corrected chi connectivity index (χ4v) is 2.18. The Bertz CT molecular complexity index is 428. The number of imidazole rings is 1. The Hall–Kier alpha value is -0.880. The van der Waals surface area contributed by atoms with E-state index in [1.54, 1.807) is 6.92 Å². The highest BCUT2D eigenvalue weighted by molar-refractivity contribution is 7.89. The molecule has 0 saturated carbocycles. The average molecular weight is 231 g/mol. The zero-order valence-electron chi connectivity index (χ0n) is 9.46. The van der Waals surface area contributed by atoms with Gasteiger partial charge in [0.1, 0.15) is 5.82 Å². The van der Waals surface area contributed by atoms with Gasteiger partial charge >= 0.3 is 0 Å². The molecule has 0 spiro atoms. The monoisotopic (exact) mass is 231 g/mol. The number of nitrogens with one attached hydrogen (secondary N) is 2. The number of H-pyrrole nitrogens is 1. The summed E-state index contributed by atoms with van der Waals surface area (Å²) in [6, 6.07) is 0. The second kappa shape index (κ2) is 3.94. The van der Waals surface area contributed by atoms with Crippen LogP contribution >= 0.6 is 0 Å². The summed E-state index contributed by atoms with van der Waals surface area (Å²) in [5, 5.41) is 0.115. The fourth-order valence-electron chi connectivity index (χ4n) is 0.924. The van der Waals surface area contributed by atoms with Crippen molar-refractivity contribution >= 4 is 10.0 Å². The lowest BCUT2D eigenvalue weighted by Gasteiger charge is -2.18. The highest BCUT2D eigenvalue weighted by atomic mass is 32.2. The number of aryl methyl sites for hydroxylation is 1. The Kier molecular flexibility index (Phi) is 3.20. The van der Waals surface area contributed by atoms with E-state index in [0.717, 1.165) is 0 Å². The standard InChI is InChI=1S/C9H17N3O2S/c1-7-10-5-8(12-7)15(13,14)11-6-9(2,3)4/h5,11H,6H2,1-4H3,(H,10,12). The van der Waals surface area contributed by atoms with E-state index in [1.807, 2.05) is 20.8 Å². The van der Waals surface area contributed by atoms with Gasteiger partial charge in [-0.05, 0) is 12.3 Å². The molecule has 15 heavy (non-hydrogen) atoms. The van der Waals surface area contributed by atoms with E-state index in [9.17, 15) is 8.42 Å². The molecular formula is C9H17N3O2S. The summed E-state index contributed by atoms with van der Waals surface area (Å²) in [6.07, 6.45) is 1.32. The van der Waals surface area contributed by atoms with Gasteiger partial charge in [-0.2, -0.15) is 0 Å². The lowest BCUT2D eigenvalue weighted by molar-refractivity contribution is 0.407. The van der Waals surface area contributed by atoms with Crippen LogP contribution in [0.5, 0.6) is 0 Å². The van der Waals surface area contributed by atoms with E-state index in [-0.39, 0.29) is 10.4 Å². The zero-order valence-corrected chi connectivity index (χ0v) is 10.3. The molecular weight excluding hydrogens is 214 g/mol. The predicted molar refractivity (Wildman–Crippen MR) is 58.0 cm³/mol. The SMILES string of the molecule is Cc1ncc(S(=O)(=O)NCC(C)(C)C)[nH]1. The van der Waals surface area contributed by atoms with E-state index < -0.39 is 10.0 Å². The van der Waals surface area contributed by atoms with Crippen LogP contribution < -0.4 is 4.72 Å². The number of sulfonamides is 1. The van der Waals surface area contributed by atoms with E-state index in [0.29, 0.717) is 12.4 Å². The number of aromatic nitrogens is 2. The van der Waals surface area contributed by atoms with Crippen LogP contribution in [0.2, 0.25) is 0 Å². The molecule has 0 aliphatic rings. The molecule has 0 radical (unpaired) electrons. The van der Waals surface area contributed by atoms with Crippen molar-refractivity contribution in [3.63, 3.8) is 0 Å². The number of hydrogen-bond donors (Lipinski definition) is 2. The second-order valence-corrected chi connectivity index (χ2v) is 6.45. The van der Waals surface area contributed by atoms with Gasteiger partial charge in [-0.25, -0.2) is 18.1 Å². The second-order valence-electron chi connectivity index (χ2n) is 4.72. The molecule has 0 bridgehead atoms. The average Bonchev–Trinajstić information content (AvgIpc) is 2.48. The molecule has 1 aromatic rings. The molecule has 0 fully saturated rings. The van der Waals surface area contributed by atoms with Crippen molar-refractivity contribution in [2.24, 2.45) is 5.41 Å².